The van der Waals surface area contributed by atoms with Gasteiger partial charge in [-0.25, -0.2) is 0 Å². The van der Waals surface area contributed by atoms with Gasteiger partial charge < -0.3 is 5.11 Å². The van der Waals surface area contributed by atoms with Gasteiger partial charge in [-0.3, -0.25) is 9.69 Å². The van der Waals surface area contributed by atoms with E-state index >= 15 is 0 Å². The number of thiophene rings is 1. The number of aryl methyl sites for hydroxylation is 1. The predicted octanol–water partition coefficient (Wildman–Crippen LogP) is 4.35. The Morgan fingerprint density at radius 1 is 1.45 bits per heavy atom. The van der Waals surface area contributed by atoms with Gasteiger partial charge in [0.1, 0.15) is 6.04 Å². The minimum atomic E-state index is -0.737. The largest absolute Gasteiger partial charge is 0.480 e. The molecular weight excluding hydrogens is 318 g/mol. The van der Waals surface area contributed by atoms with E-state index in [9.17, 15) is 9.90 Å². The predicted molar refractivity (Wildman–Crippen MR) is 89.7 cm³/mol. The second kappa shape index (κ2) is 6.41. The van der Waals surface area contributed by atoms with Gasteiger partial charge in [-0.15, -0.1) is 11.3 Å². The van der Waals surface area contributed by atoms with E-state index in [-0.39, 0.29) is 6.04 Å². The number of carboxylic acids is 1. The minimum Gasteiger partial charge on any atom is -0.480 e. The van der Waals surface area contributed by atoms with Crippen molar-refractivity contribution in [1.82, 2.24) is 4.90 Å². The number of halogens is 1. The highest BCUT2D eigenvalue weighted by molar-refractivity contribution is 7.10. The molecule has 2 aromatic rings. The molecule has 1 aromatic carbocycles. The van der Waals surface area contributed by atoms with E-state index in [0.29, 0.717) is 11.4 Å². The quantitative estimate of drug-likeness (QED) is 0.903. The Balaban J connectivity index is 2.07. The molecule has 0 amide bonds. The van der Waals surface area contributed by atoms with Crippen LogP contribution in [0.3, 0.4) is 0 Å². The second-order valence-corrected chi connectivity index (χ2v) is 7.04. The molecule has 1 aliphatic rings. The molecule has 1 fully saturated rings. The van der Waals surface area contributed by atoms with E-state index in [4.69, 9.17) is 11.6 Å². The number of aliphatic carboxylic acids is 1. The molecular formula is C17H18ClNO2S. The fourth-order valence-corrected chi connectivity index (χ4v) is 4.47. The Morgan fingerprint density at radius 2 is 2.27 bits per heavy atom. The highest BCUT2D eigenvalue weighted by Crippen LogP contribution is 2.39. The van der Waals surface area contributed by atoms with Crippen molar-refractivity contribution in [1.29, 1.82) is 0 Å². The summed E-state index contributed by atoms with van der Waals surface area (Å²) in [7, 11) is 0. The van der Waals surface area contributed by atoms with Crippen LogP contribution in [0.4, 0.5) is 0 Å². The average molecular weight is 336 g/mol. The van der Waals surface area contributed by atoms with Gasteiger partial charge in [-0.1, -0.05) is 23.7 Å². The molecule has 1 saturated heterocycles. The van der Waals surface area contributed by atoms with Gasteiger partial charge in [0.2, 0.25) is 0 Å². The summed E-state index contributed by atoms with van der Waals surface area (Å²) in [6, 6.07) is 9.38. The first-order chi connectivity index (χ1) is 10.6. The third-order valence-electron chi connectivity index (χ3n) is 4.23. The lowest BCUT2D eigenvalue weighted by atomic mass is 10.0. The van der Waals surface area contributed by atoms with E-state index in [1.54, 1.807) is 11.3 Å². The number of rotatable bonds is 4. The molecule has 2 atom stereocenters. The first kappa shape index (κ1) is 15.5. The van der Waals surface area contributed by atoms with Crippen LogP contribution in [0.1, 0.15) is 34.9 Å². The first-order valence-electron chi connectivity index (χ1n) is 7.36. The van der Waals surface area contributed by atoms with Crippen molar-refractivity contribution in [2.75, 3.05) is 6.54 Å². The maximum absolute atomic E-state index is 11.6. The zero-order valence-electron chi connectivity index (χ0n) is 12.3. The molecule has 22 heavy (non-hydrogen) atoms. The van der Waals surface area contributed by atoms with E-state index in [2.05, 4.69) is 23.3 Å². The topological polar surface area (TPSA) is 40.5 Å². The van der Waals surface area contributed by atoms with Crippen LogP contribution in [0.5, 0.6) is 0 Å². The summed E-state index contributed by atoms with van der Waals surface area (Å²) in [6.45, 7) is 2.88. The third kappa shape index (κ3) is 2.91. The van der Waals surface area contributed by atoms with Crippen LogP contribution in [0, 0.1) is 6.92 Å². The Kier molecular flexibility index (Phi) is 4.52. The summed E-state index contributed by atoms with van der Waals surface area (Å²) in [4.78, 5) is 14.9. The number of benzene rings is 1. The number of nitrogens with zero attached hydrogens (tertiary/aromatic N) is 1. The van der Waals surface area contributed by atoms with Crippen LogP contribution in [0.25, 0.3) is 0 Å². The van der Waals surface area contributed by atoms with Gasteiger partial charge in [0.05, 0.1) is 6.04 Å². The fourth-order valence-electron chi connectivity index (χ4n) is 3.20. The lowest BCUT2D eigenvalue weighted by Crippen LogP contribution is -2.39. The number of likely N-dealkylation sites (tertiary alicyclic amines) is 1. The highest BCUT2D eigenvalue weighted by Gasteiger charge is 2.37. The van der Waals surface area contributed by atoms with Gasteiger partial charge >= 0.3 is 5.97 Å². The molecule has 2 heterocycles. The summed E-state index contributed by atoms with van der Waals surface area (Å²) in [6.07, 6.45) is 1.62. The molecule has 1 aliphatic heterocycles. The van der Waals surface area contributed by atoms with Crippen LogP contribution in [-0.2, 0) is 4.79 Å². The van der Waals surface area contributed by atoms with Crippen molar-refractivity contribution >= 4 is 28.9 Å². The maximum atomic E-state index is 11.6. The smallest absolute Gasteiger partial charge is 0.320 e. The molecule has 0 spiro atoms. The lowest BCUT2D eigenvalue weighted by molar-refractivity contribution is -0.142. The van der Waals surface area contributed by atoms with E-state index < -0.39 is 12.0 Å². The van der Waals surface area contributed by atoms with Crippen LogP contribution < -0.4 is 0 Å². The summed E-state index contributed by atoms with van der Waals surface area (Å²) in [5, 5.41) is 12.3. The normalized spacial score (nSPS) is 20.2. The number of carbonyl (C=O) groups is 1. The summed E-state index contributed by atoms with van der Waals surface area (Å²) in [5.74, 6) is -0.737. The van der Waals surface area contributed by atoms with E-state index in [1.807, 2.05) is 24.3 Å². The number of hydrogen-bond acceptors (Lipinski definition) is 3. The Hall–Kier alpha value is -1.36. The molecule has 0 saturated carbocycles. The summed E-state index contributed by atoms with van der Waals surface area (Å²) in [5.41, 5.74) is 2.26. The molecule has 1 aromatic heterocycles. The zero-order valence-corrected chi connectivity index (χ0v) is 13.9. The van der Waals surface area contributed by atoms with E-state index in [1.165, 1.54) is 10.4 Å². The highest BCUT2D eigenvalue weighted by atomic mass is 35.5. The average Bonchev–Trinajstić information content (AvgIpc) is 3.10. The van der Waals surface area contributed by atoms with Gasteiger partial charge in [-0.05, 0) is 54.5 Å². The third-order valence-corrected chi connectivity index (χ3v) is 5.53. The van der Waals surface area contributed by atoms with E-state index in [0.717, 1.165) is 18.5 Å². The van der Waals surface area contributed by atoms with Gasteiger partial charge in [0.25, 0.3) is 0 Å². The van der Waals surface area contributed by atoms with Gasteiger partial charge in [-0.2, -0.15) is 0 Å². The minimum absolute atomic E-state index is 0.0395. The molecule has 5 heteroatoms. The van der Waals surface area contributed by atoms with Crippen molar-refractivity contribution < 1.29 is 9.90 Å². The SMILES string of the molecule is Cc1ccsc1C(c1cccc(Cl)c1)N1CCCC1C(=O)O. The molecule has 116 valence electrons. The molecule has 0 radical (unpaired) electrons. The molecule has 0 aliphatic carbocycles. The van der Waals surface area contributed by atoms with Crippen LogP contribution in [-0.4, -0.2) is 28.6 Å². The number of hydrogen-bond donors (Lipinski definition) is 1. The maximum Gasteiger partial charge on any atom is 0.320 e. The molecule has 3 nitrogen and oxygen atoms in total. The van der Waals surface area contributed by atoms with Crippen molar-refractivity contribution in [3.8, 4) is 0 Å². The number of carboxylic acid groups (broad SMARTS) is 1. The second-order valence-electron chi connectivity index (χ2n) is 5.66. The van der Waals surface area contributed by atoms with Gasteiger partial charge in [0, 0.05) is 16.4 Å². The summed E-state index contributed by atoms with van der Waals surface area (Å²) < 4.78 is 0. The first-order valence-corrected chi connectivity index (χ1v) is 8.61. The molecule has 1 N–H and O–H groups in total. The Morgan fingerprint density at radius 3 is 2.91 bits per heavy atom. The monoisotopic (exact) mass is 335 g/mol. The van der Waals surface area contributed by atoms with Crippen molar-refractivity contribution in [3.63, 3.8) is 0 Å². The fraction of sp³-hybridized carbons (Fsp3) is 0.353. The van der Waals surface area contributed by atoms with Crippen LogP contribution >= 0.6 is 22.9 Å². The summed E-state index contributed by atoms with van der Waals surface area (Å²) >= 11 is 7.85. The lowest BCUT2D eigenvalue weighted by Gasteiger charge is -2.31. The van der Waals surface area contributed by atoms with Crippen molar-refractivity contribution in [2.24, 2.45) is 0 Å². The van der Waals surface area contributed by atoms with Gasteiger partial charge in [0.15, 0.2) is 0 Å². The van der Waals surface area contributed by atoms with Crippen molar-refractivity contribution in [3.05, 3.63) is 56.7 Å². The van der Waals surface area contributed by atoms with Crippen molar-refractivity contribution in [2.45, 2.75) is 31.8 Å². The van der Waals surface area contributed by atoms with Crippen LogP contribution in [0.15, 0.2) is 35.7 Å². The standard InChI is InChI=1S/C17H18ClNO2S/c1-11-7-9-22-16(11)15(12-4-2-5-13(18)10-12)19-8-3-6-14(19)17(20)21/h2,4-5,7,9-10,14-15H,3,6,8H2,1H3,(H,20,21). The molecule has 3 rings (SSSR count). The molecule has 2 unspecified atom stereocenters. The Bertz CT molecular complexity index is 685. The zero-order chi connectivity index (χ0) is 15.7. The van der Waals surface area contributed by atoms with Crippen LogP contribution in [0.2, 0.25) is 5.02 Å². The Labute approximate surface area is 139 Å². The molecule has 0 bridgehead atoms.